The maximum atomic E-state index is 13.2. The maximum Gasteiger partial charge on any atom is 0.335 e. The molecule has 0 radical (unpaired) electrons. The van der Waals surface area contributed by atoms with Crippen LogP contribution in [0.3, 0.4) is 0 Å². The predicted octanol–water partition coefficient (Wildman–Crippen LogP) is 2.43. The molecule has 2 aromatic carbocycles. The summed E-state index contributed by atoms with van der Waals surface area (Å²) in [5, 5.41) is 9.13. The number of hydrogen-bond acceptors (Lipinski definition) is 4. The van der Waals surface area contributed by atoms with Gasteiger partial charge in [0.1, 0.15) is 0 Å². The number of benzene rings is 2. The van der Waals surface area contributed by atoms with E-state index in [1.807, 2.05) is 6.92 Å². The van der Waals surface area contributed by atoms with Crippen LogP contribution >= 0.6 is 0 Å². The predicted molar refractivity (Wildman–Crippen MR) is 104 cm³/mol. The van der Waals surface area contributed by atoms with Crippen LogP contribution in [0.1, 0.15) is 35.3 Å². The fourth-order valence-corrected chi connectivity index (χ4v) is 5.68. The lowest BCUT2D eigenvalue weighted by atomic mass is 10.1. The van der Waals surface area contributed by atoms with Crippen molar-refractivity contribution in [3.8, 4) is 0 Å². The standard InChI is InChI=1S/C20H20N2O5S/c1-12-9-16-11-17(4-6-19(16)22(12)13(2)23)28(26,27)21-8-7-14-10-15(20(24)25)3-5-18(14)21/h3-6,10-12H,7-9H2,1-2H3,(H,24,25)/t12-/m0/s1. The molecule has 1 amide bonds. The van der Waals surface area contributed by atoms with Crippen molar-refractivity contribution in [2.24, 2.45) is 0 Å². The highest BCUT2D eigenvalue weighted by Crippen LogP contribution is 2.37. The molecule has 28 heavy (non-hydrogen) atoms. The van der Waals surface area contributed by atoms with Gasteiger partial charge in [-0.05, 0) is 67.3 Å². The SMILES string of the molecule is CC(=O)N1c2ccc(S(=O)(=O)N3CCc4cc(C(=O)O)ccc43)cc2C[C@@H]1C. The van der Waals surface area contributed by atoms with Crippen LogP contribution in [-0.2, 0) is 27.7 Å². The molecule has 0 bridgehead atoms. The van der Waals surface area contributed by atoms with Gasteiger partial charge in [-0.15, -0.1) is 0 Å². The Morgan fingerprint density at radius 1 is 1.07 bits per heavy atom. The molecule has 0 aliphatic carbocycles. The quantitative estimate of drug-likeness (QED) is 0.854. The Morgan fingerprint density at radius 3 is 2.46 bits per heavy atom. The van der Waals surface area contributed by atoms with Crippen molar-refractivity contribution in [2.75, 3.05) is 15.7 Å². The number of carbonyl (C=O) groups excluding carboxylic acids is 1. The van der Waals surface area contributed by atoms with E-state index < -0.39 is 16.0 Å². The second-order valence-corrected chi connectivity index (χ2v) is 9.07. The zero-order valence-electron chi connectivity index (χ0n) is 15.5. The van der Waals surface area contributed by atoms with Gasteiger partial charge >= 0.3 is 5.97 Å². The molecule has 0 saturated heterocycles. The van der Waals surface area contributed by atoms with Gasteiger partial charge in [0.15, 0.2) is 0 Å². The van der Waals surface area contributed by atoms with E-state index in [9.17, 15) is 18.0 Å². The molecule has 0 saturated carbocycles. The smallest absolute Gasteiger partial charge is 0.335 e. The van der Waals surface area contributed by atoms with Crippen LogP contribution in [0.4, 0.5) is 11.4 Å². The molecular formula is C20H20N2O5S. The van der Waals surface area contributed by atoms with E-state index in [1.54, 1.807) is 23.1 Å². The Bertz CT molecular complexity index is 1110. The second-order valence-electron chi connectivity index (χ2n) is 7.21. The molecule has 4 rings (SSSR count). The number of amides is 1. The normalized spacial score (nSPS) is 18.1. The van der Waals surface area contributed by atoms with E-state index in [0.717, 1.165) is 11.3 Å². The van der Waals surface area contributed by atoms with E-state index in [-0.39, 0.29) is 29.0 Å². The van der Waals surface area contributed by atoms with Crippen LogP contribution in [0, 0.1) is 0 Å². The van der Waals surface area contributed by atoms with Crippen molar-refractivity contribution in [3.05, 3.63) is 53.1 Å². The molecule has 8 heteroatoms. The fourth-order valence-electron chi connectivity index (χ4n) is 4.13. The molecule has 0 aromatic heterocycles. The molecule has 2 heterocycles. The van der Waals surface area contributed by atoms with Crippen LogP contribution < -0.4 is 9.21 Å². The summed E-state index contributed by atoms with van der Waals surface area (Å²) in [6, 6.07) is 9.37. The molecule has 0 unspecified atom stereocenters. The lowest BCUT2D eigenvalue weighted by molar-refractivity contribution is -0.116. The van der Waals surface area contributed by atoms with Crippen molar-refractivity contribution in [1.29, 1.82) is 0 Å². The van der Waals surface area contributed by atoms with Gasteiger partial charge < -0.3 is 10.0 Å². The minimum Gasteiger partial charge on any atom is -0.478 e. The summed E-state index contributed by atoms with van der Waals surface area (Å²) in [4.78, 5) is 24.9. The number of aromatic carboxylic acids is 1. The van der Waals surface area contributed by atoms with Crippen molar-refractivity contribution in [3.63, 3.8) is 0 Å². The number of rotatable bonds is 3. The minimum atomic E-state index is -3.78. The highest BCUT2D eigenvalue weighted by Gasteiger charge is 2.34. The summed E-state index contributed by atoms with van der Waals surface area (Å²) < 4.78 is 27.8. The van der Waals surface area contributed by atoms with E-state index in [4.69, 9.17) is 5.11 Å². The van der Waals surface area contributed by atoms with E-state index >= 15 is 0 Å². The summed E-state index contributed by atoms with van der Waals surface area (Å²) in [5.74, 6) is -1.10. The van der Waals surface area contributed by atoms with Crippen LogP contribution in [-0.4, -0.2) is 38.0 Å². The van der Waals surface area contributed by atoms with Gasteiger partial charge in [0.2, 0.25) is 5.91 Å². The minimum absolute atomic E-state index is 0.00703. The molecule has 2 aliphatic heterocycles. The van der Waals surface area contributed by atoms with Crippen LogP contribution in [0.2, 0.25) is 0 Å². The van der Waals surface area contributed by atoms with Gasteiger partial charge in [-0.2, -0.15) is 0 Å². The van der Waals surface area contributed by atoms with E-state index in [1.165, 1.54) is 29.4 Å². The number of carbonyl (C=O) groups is 2. The number of sulfonamides is 1. The third-order valence-corrected chi connectivity index (χ3v) is 7.18. The first-order valence-electron chi connectivity index (χ1n) is 9.02. The second kappa shape index (κ2) is 6.34. The van der Waals surface area contributed by atoms with Gasteiger partial charge in [-0.3, -0.25) is 9.10 Å². The third kappa shape index (κ3) is 2.75. The number of nitrogens with zero attached hydrogens (tertiary/aromatic N) is 2. The largest absolute Gasteiger partial charge is 0.478 e. The average Bonchev–Trinajstić information content (AvgIpc) is 3.20. The van der Waals surface area contributed by atoms with Crippen molar-refractivity contribution in [2.45, 2.75) is 37.6 Å². The highest BCUT2D eigenvalue weighted by molar-refractivity contribution is 7.92. The molecule has 0 fully saturated rings. The van der Waals surface area contributed by atoms with Crippen molar-refractivity contribution in [1.82, 2.24) is 0 Å². The maximum absolute atomic E-state index is 13.2. The zero-order valence-corrected chi connectivity index (χ0v) is 16.4. The molecular weight excluding hydrogens is 380 g/mol. The monoisotopic (exact) mass is 400 g/mol. The Kier molecular flexibility index (Phi) is 4.19. The lowest BCUT2D eigenvalue weighted by Gasteiger charge is -2.22. The van der Waals surface area contributed by atoms with Gasteiger partial charge in [0.05, 0.1) is 16.1 Å². The molecule has 0 spiro atoms. The highest BCUT2D eigenvalue weighted by atomic mass is 32.2. The number of hydrogen-bond donors (Lipinski definition) is 1. The number of carboxylic acid groups (broad SMARTS) is 1. The first kappa shape index (κ1) is 18.5. The van der Waals surface area contributed by atoms with E-state index in [2.05, 4.69) is 0 Å². The van der Waals surface area contributed by atoms with Gasteiger partial charge in [0, 0.05) is 25.2 Å². The molecule has 1 N–H and O–H groups in total. The Balaban J connectivity index is 1.71. The number of fused-ring (bicyclic) bond motifs is 2. The Morgan fingerprint density at radius 2 is 1.79 bits per heavy atom. The van der Waals surface area contributed by atoms with Gasteiger partial charge in [-0.25, -0.2) is 13.2 Å². The Labute approximate surface area is 163 Å². The van der Waals surface area contributed by atoms with Gasteiger partial charge in [0.25, 0.3) is 10.0 Å². The van der Waals surface area contributed by atoms with Crippen LogP contribution in [0.15, 0.2) is 41.3 Å². The lowest BCUT2D eigenvalue weighted by Crippen LogP contribution is -2.33. The topological polar surface area (TPSA) is 95.0 Å². The summed E-state index contributed by atoms with van der Waals surface area (Å²) >= 11 is 0. The summed E-state index contributed by atoms with van der Waals surface area (Å²) in [6.45, 7) is 3.71. The Hall–Kier alpha value is -2.87. The molecule has 1 atom stereocenters. The van der Waals surface area contributed by atoms with Crippen molar-refractivity contribution < 1.29 is 23.1 Å². The number of anilines is 2. The van der Waals surface area contributed by atoms with Crippen LogP contribution in [0.5, 0.6) is 0 Å². The average molecular weight is 400 g/mol. The van der Waals surface area contributed by atoms with Crippen LogP contribution in [0.25, 0.3) is 0 Å². The molecule has 2 aliphatic rings. The molecule has 146 valence electrons. The van der Waals surface area contributed by atoms with Crippen molar-refractivity contribution >= 4 is 33.3 Å². The fraction of sp³-hybridized carbons (Fsp3) is 0.300. The first-order chi connectivity index (χ1) is 13.2. The first-order valence-corrected chi connectivity index (χ1v) is 10.5. The summed E-state index contributed by atoms with van der Waals surface area (Å²) in [6.07, 6.45) is 1.08. The summed E-state index contributed by atoms with van der Waals surface area (Å²) in [7, 11) is -3.78. The van der Waals surface area contributed by atoms with Gasteiger partial charge in [-0.1, -0.05) is 0 Å². The molecule has 2 aromatic rings. The third-order valence-electron chi connectivity index (χ3n) is 5.37. The molecule has 7 nitrogen and oxygen atoms in total. The summed E-state index contributed by atoms with van der Waals surface area (Å²) in [5.41, 5.74) is 2.97. The van der Waals surface area contributed by atoms with E-state index in [0.29, 0.717) is 24.1 Å². The number of carboxylic acids is 1. The zero-order chi connectivity index (χ0) is 20.2.